The predicted octanol–water partition coefficient (Wildman–Crippen LogP) is 2.32. The molecule has 0 unspecified atom stereocenters. The molecule has 7 heteroatoms. The molecule has 20 heavy (non-hydrogen) atoms. The molecule has 1 fully saturated rings. The Morgan fingerprint density at radius 2 is 2.10 bits per heavy atom. The predicted molar refractivity (Wildman–Crippen MR) is 75.0 cm³/mol. The minimum Gasteiger partial charge on any atom is -0.258 e. The van der Waals surface area contributed by atoms with Crippen LogP contribution in [-0.4, -0.2) is 30.7 Å². The molecule has 1 aliphatic rings. The summed E-state index contributed by atoms with van der Waals surface area (Å²) in [5, 5.41) is 10.8. The van der Waals surface area contributed by atoms with E-state index in [9.17, 15) is 18.5 Å². The lowest BCUT2D eigenvalue weighted by Gasteiger charge is -2.30. The van der Waals surface area contributed by atoms with E-state index in [4.69, 9.17) is 0 Å². The van der Waals surface area contributed by atoms with Gasteiger partial charge in [0.05, 0.1) is 9.82 Å². The van der Waals surface area contributed by atoms with E-state index in [1.807, 2.05) is 6.92 Å². The number of nitro benzene ring substituents is 1. The van der Waals surface area contributed by atoms with E-state index in [0.717, 1.165) is 18.9 Å². The topological polar surface area (TPSA) is 80.5 Å². The second kappa shape index (κ2) is 5.49. The van der Waals surface area contributed by atoms with Gasteiger partial charge in [-0.25, -0.2) is 8.42 Å². The molecule has 2 rings (SSSR count). The minimum atomic E-state index is -3.65. The minimum absolute atomic E-state index is 0.0424. The van der Waals surface area contributed by atoms with Crippen LogP contribution in [0.2, 0.25) is 0 Å². The van der Waals surface area contributed by atoms with E-state index in [1.165, 1.54) is 16.4 Å². The Bertz CT molecular complexity index is 627. The maximum absolute atomic E-state index is 12.6. The fourth-order valence-corrected chi connectivity index (χ4v) is 4.33. The summed E-state index contributed by atoms with van der Waals surface area (Å²) in [4.78, 5) is 10.3. The highest BCUT2D eigenvalue weighted by atomic mass is 32.2. The molecule has 0 saturated carbocycles. The normalized spacial score (nSPS) is 20.8. The second-order valence-corrected chi connectivity index (χ2v) is 7.22. The molecule has 1 aliphatic heterocycles. The number of non-ortho nitro benzene ring substituents is 1. The third kappa shape index (κ3) is 2.83. The van der Waals surface area contributed by atoms with Crippen molar-refractivity contribution in [3.05, 3.63) is 33.9 Å². The Hall–Kier alpha value is -1.47. The standard InChI is InChI=1S/C13H18N2O4S/c1-10-4-3-7-14(9-10)20(18,19)13-8-12(15(16)17)6-5-11(13)2/h5-6,8,10H,3-4,7,9H2,1-2H3/t10-/m1/s1. The summed E-state index contributed by atoms with van der Waals surface area (Å²) in [6, 6.07) is 3.97. The van der Waals surface area contributed by atoms with Crippen molar-refractivity contribution in [3.63, 3.8) is 0 Å². The molecule has 1 atom stereocenters. The molecule has 0 amide bonds. The van der Waals surface area contributed by atoms with Gasteiger partial charge in [-0.2, -0.15) is 4.31 Å². The smallest absolute Gasteiger partial charge is 0.258 e. The third-order valence-corrected chi connectivity index (χ3v) is 5.63. The lowest BCUT2D eigenvalue weighted by Crippen LogP contribution is -2.39. The van der Waals surface area contributed by atoms with E-state index in [0.29, 0.717) is 24.6 Å². The average molecular weight is 298 g/mol. The van der Waals surface area contributed by atoms with Gasteiger partial charge in [-0.1, -0.05) is 13.0 Å². The second-order valence-electron chi connectivity index (χ2n) is 5.32. The number of hydrogen-bond donors (Lipinski definition) is 0. The van der Waals surface area contributed by atoms with Gasteiger partial charge < -0.3 is 0 Å². The van der Waals surface area contributed by atoms with Crippen LogP contribution in [0.25, 0.3) is 0 Å². The van der Waals surface area contributed by atoms with Gasteiger partial charge in [0, 0.05) is 25.2 Å². The monoisotopic (exact) mass is 298 g/mol. The zero-order valence-electron chi connectivity index (χ0n) is 11.6. The Balaban J connectivity index is 2.43. The number of benzene rings is 1. The van der Waals surface area contributed by atoms with Crippen LogP contribution in [-0.2, 0) is 10.0 Å². The Kier molecular flexibility index (Phi) is 4.10. The molecule has 1 saturated heterocycles. The average Bonchev–Trinajstić information content (AvgIpc) is 2.38. The van der Waals surface area contributed by atoms with E-state index in [1.54, 1.807) is 6.92 Å². The van der Waals surface area contributed by atoms with Gasteiger partial charge >= 0.3 is 0 Å². The van der Waals surface area contributed by atoms with E-state index < -0.39 is 14.9 Å². The van der Waals surface area contributed by atoms with Crippen molar-refractivity contribution in [2.24, 2.45) is 5.92 Å². The van der Waals surface area contributed by atoms with Gasteiger partial charge in [0.2, 0.25) is 10.0 Å². The summed E-state index contributed by atoms with van der Waals surface area (Å²) in [5.74, 6) is 0.317. The van der Waals surface area contributed by atoms with Crippen LogP contribution in [0.3, 0.4) is 0 Å². The molecule has 1 heterocycles. The van der Waals surface area contributed by atoms with Crippen LogP contribution in [0.15, 0.2) is 23.1 Å². The van der Waals surface area contributed by atoms with Crippen molar-refractivity contribution >= 4 is 15.7 Å². The van der Waals surface area contributed by atoms with E-state index in [-0.39, 0.29) is 10.6 Å². The molecule has 0 aliphatic carbocycles. The Morgan fingerprint density at radius 1 is 1.40 bits per heavy atom. The van der Waals surface area contributed by atoms with E-state index >= 15 is 0 Å². The summed E-state index contributed by atoms with van der Waals surface area (Å²) in [7, 11) is -3.65. The van der Waals surface area contributed by atoms with Crippen molar-refractivity contribution in [3.8, 4) is 0 Å². The number of aryl methyl sites for hydroxylation is 1. The molecule has 6 nitrogen and oxygen atoms in total. The number of rotatable bonds is 3. The largest absolute Gasteiger partial charge is 0.270 e. The summed E-state index contributed by atoms with van der Waals surface area (Å²) in [6.07, 6.45) is 1.84. The van der Waals surface area contributed by atoms with Crippen molar-refractivity contribution in [1.29, 1.82) is 0 Å². The zero-order chi connectivity index (χ0) is 14.9. The van der Waals surface area contributed by atoms with Crippen molar-refractivity contribution in [2.75, 3.05) is 13.1 Å². The van der Waals surface area contributed by atoms with Gasteiger partial charge in [0.15, 0.2) is 0 Å². The summed E-state index contributed by atoms with van der Waals surface area (Å²) >= 11 is 0. The molecular formula is C13H18N2O4S. The van der Waals surface area contributed by atoms with Crippen molar-refractivity contribution < 1.29 is 13.3 Å². The molecule has 0 bridgehead atoms. The van der Waals surface area contributed by atoms with Crippen LogP contribution >= 0.6 is 0 Å². The van der Waals surface area contributed by atoms with Crippen LogP contribution in [0.4, 0.5) is 5.69 Å². The van der Waals surface area contributed by atoms with Gasteiger partial charge in [0.1, 0.15) is 0 Å². The number of nitrogens with zero attached hydrogens (tertiary/aromatic N) is 2. The van der Waals surface area contributed by atoms with Crippen LogP contribution in [0, 0.1) is 23.0 Å². The Morgan fingerprint density at radius 3 is 2.70 bits per heavy atom. The maximum atomic E-state index is 12.6. The quantitative estimate of drug-likeness (QED) is 0.633. The van der Waals surface area contributed by atoms with Crippen LogP contribution in [0.1, 0.15) is 25.3 Å². The summed E-state index contributed by atoms with van der Waals surface area (Å²) in [6.45, 7) is 4.63. The highest BCUT2D eigenvalue weighted by molar-refractivity contribution is 7.89. The first-order valence-corrected chi connectivity index (χ1v) is 8.01. The zero-order valence-corrected chi connectivity index (χ0v) is 12.4. The van der Waals surface area contributed by atoms with Gasteiger partial charge in [-0.3, -0.25) is 10.1 Å². The molecule has 0 radical (unpaired) electrons. The molecule has 0 aromatic heterocycles. The van der Waals surface area contributed by atoms with Crippen molar-refractivity contribution in [2.45, 2.75) is 31.6 Å². The fraction of sp³-hybridized carbons (Fsp3) is 0.538. The highest BCUT2D eigenvalue weighted by Crippen LogP contribution is 2.28. The third-order valence-electron chi connectivity index (χ3n) is 3.62. The van der Waals surface area contributed by atoms with Crippen LogP contribution < -0.4 is 0 Å². The molecule has 110 valence electrons. The molecule has 0 spiro atoms. The first-order chi connectivity index (χ1) is 9.32. The van der Waals surface area contributed by atoms with Gasteiger partial charge in [0.25, 0.3) is 5.69 Å². The van der Waals surface area contributed by atoms with Crippen molar-refractivity contribution in [1.82, 2.24) is 4.31 Å². The molecular weight excluding hydrogens is 280 g/mol. The number of nitro groups is 1. The Labute approximate surface area is 118 Å². The SMILES string of the molecule is Cc1ccc([N+](=O)[O-])cc1S(=O)(=O)N1CCC[C@@H](C)C1. The van der Waals surface area contributed by atoms with Gasteiger partial charge in [-0.15, -0.1) is 0 Å². The highest BCUT2D eigenvalue weighted by Gasteiger charge is 2.30. The first kappa shape index (κ1) is 14.9. The van der Waals surface area contributed by atoms with E-state index in [2.05, 4.69) is 0 Å². The fourth-order valence-electron chi connectivity index (χ4n) is 2.48. The van der Waals surface area contributed by atoms with Crippen LogP contribution in [0.5, 0.6) is 0 Å². The summed E-state index contributed by atoms with van der Waals surface area (Å²) in [5.41, 5.74) is 0.341. The number of sulfonamides is 1. The number of piperidine rings is 1. The first-order valence-electron chi connectivity index (χ1n) is 6.57. The maximum Gasteiger partial charge on any atom is 0.270 e. The molecule has 1 aromatic rings. The van der Waals surface area contributed by atoms with Gasteiger partial charge in [-0.05, 0) is 31.2 Å². The molecule has 1 aromatic carbocycles. The molecule has 0 N–H and O–H groups in total. The lowest BCUT2D eigenvalue weighted by atomic mass is 10.0. The number of hydrogen-bond acceptors (Lipinski definition) is 4. The lowest BCUT2D eigenvalue weighted by molar-refractivity contribution is -0.385. The summed E-state index contributed by atoms with van der Waals surface area (Å²) < 4.78 is 26.7.